The van der Waals surface area contributed by atoms with Gasteiger partial charge in [-0.1, -0.05) is 0 Å². The van der Waals surface area contributed by atoms with E-state index in [-0.39, 0.29) is 28.7 Å². The normalized spacial score (nSPS) is 15.8. The number of nitrogens with one attached hydrogen (secondary N) is 2. The molecule has 0 aliphatic carbocycles. The van der Waals surface area contributed by atoms with Gasteiger partial charge in [0.2, 0.25) is 10.0 Å². The summed E-state index contributed by atoms with van der Waals surface area (Å²) in [6.07, 6.45) is 1.25. The highest BCUT2D eigenvalue weighted by atomic mass is 32.2. The minimum absolute atomic E-state index is 0.0734. The number of rotatable bonds is 6. The number of nitro benzene ring substituents is 1. The van der Waals surface area contributed by atoms with Gasteiger partial charge in [-0.2, -0.15) is 0 Å². The number of hydrogen-bond acceptors (Lipinski definition) is 7. The SMILES string of the molecule is CCOC(=O)c1cc(S(=O)(=O)NC2CCNCC2)cc([N+](=O)[O-])c1C. The van der Waals surface area contributed by atoms with Crippen molar-refractivity contribution in [1.29, 1.82) is 0 Å². The highest BCUT2D eigenvalue weighted by molar-refractivity contribution is 7.89. The first-order valence-corrected chi connectivity index (χ1v) is 9.43. The minimum atomic E-state index is -3.99. The fraction of sp³-hybridized carbons (Fsp3) is 0.533. The second-order valence-electron chi connectivity index (χ2n) is 5.74. The van der Waals surface area contributed by atoms with Gasteiger partial charge in [-0.25, -0.2) is 17.9 Å². The first kappa shape index (κ1) is 19.3. The van der Waals surface area contributed by atoms with Crippen molar-refractivity contribution in [2.45, 2.75) is 37.6 Å². The first-order chi connectivity index (χ1) is 11.8. The number of ether oxygens (including phenoxy) is 1. The van der Waals surface area contributed by atoms with Crippen LogP contribution in [0.1, 0.15) is 35.7 Å². The molecular formula is C15H21N3O6S. The van der Waals surface area contributed by atoms with Crippen molar-refractivity contribution in [3.63, 3.8) is 0 Å². The summed E-state index contributed by atoms with van der Waals surface area (Å²) in [5.74, 6) is -0.790. The number of piperidine rings is 1. The van der Waals surface area contributed by atoms with Crippen LogP contribution in [0, 0.1) is 17.0 Å². The Labute approximate surface area is 145 Å². The van der Waals surface area contributed by atoms with Crippen LogP contribution in [0.5, 0.6) is 0 Å². The van der Waals surface area contributed by atoms with Crippen molar-refractivity contribution < 1.29 is 22.9 Å². The van der Waals surface area contributed by atoms with E-state index in [1.807, 2.05) is 0 Å². The van der Waals surface area contributed by atoms with Gasteiger partial charge in [-0.15, -0.1) is 0 Å². The fourth-order valence-electron chi connectivity index (χ4n) is 2.67. The molecule has 0 unspecified atom stereocenters. The van der Waals surface area contributed by atoms with Gasteiger partial charge in [0.25, 0.3) is 5.69 Å². The Bertz CT molecular complexity index is 772. The number of hydrogen-bond donors (Lipinski definition) is 2. The minimum Gasteiger partial charge on any atom is -0.462 e. The smallest absolute Gasteiger partial charge is 0.338 e. The van der Waals surface area contributed by atoms with Gasteiger partial charge in [0.15, 0.2) is 0 Å². The third-order valence-electron chi connectivity index (χ3n) is 4.02. The van der Waals surface area contributed by atoms with E-state index in [2.05, 4.69) is 10.0 Å². The summed E-state index contributed by atoms with van der Waals surface area (Å²) >= 11 is 0. The van der Waals surface area contributed by atoms with E-state index >= 15 is 0 Å². The maximum atomic E-state index is 12.6. The quantitative estimate of drug-likeness (QED) is 0.435. The lowest BCUT2D eigenvalue weighted by atomic mass is 10.1. The molecule has 2 rings (SSSR count). The monoisotopic (exact) mass is 371 g/mol. The molecule has 1 heterocycles. The molecule has 0 amide bonds. The van der Waals surface area contributed by atoms with Crippen molar-refractivity contribution in [2.75, 3.05) is 19.7 Å². The van der Waals surface area contributed by atoms with E-state index in [0.717, 1.165) is 12.1 Å². The second-order valence-corrected chi connectivity index (χ2v) is 7.45. The highest BCUT2D eigenvalue weighted by Gasteiger charge is 2.28. The Balaban J connectivity index is 2.44. The van der Waals surface area contributed by atoms with Crippen molar-refractivity contribution >= 4 is 21.7 Å². The summed E-state index contributed by atoms with van der Waals surface area (Å²) in [5, 5.41) is 14.4. The Morgan fingerprint density at radius 3 is 2.60 bits per heavy atom. The standard InChI is InChI=1S/C15H21N3O6S/c1-3-24-15(19)13-8-12(9-14(10(13)2)18(20)21)25(22,23)17-11-4-6-16-7-5-11/h8-9,11,16-17H,3-7H2,1-2H3. The van der Waals surface area contributed by atoms with Crippen LogP contribution >= 0.6 is 0 Å². The number of carbonyl (C=O) groups excluding carboxylic acids is 1. The van der Waals surface area contributed by atoms with E-state index in [9.17, 15) is 23.3 Å². The second kappa shape index (κ2) is 7.89. The zero-order valence-corrected chi connectivity index (χ0v) is 14.9. The van der Waals surface area contributed by atoms with E-state index in [1.54, 1.807) is 6.92 Å². The summed E-state index contributed by atoms with van der Waals surface area (Å²) in [6, 6.07) is 1.85. The van der Waals surface area contributed by atoms with Gasteiger partial charge in [-0.05, 0) is 45.8 Å². The summed E-state index contributed by atoms with van der Waals surface area (Å²) in [7, 11) is -3.99. The molecule has 0 bridgehead atoms. The van der Waals surface area contributed by atoms with Crippen molar-refractivity contribution in [3.8, 4) is 0 Å². The molecule has 0 spiro atoms. The number of nitro groups is 1. The Morgan fingerprint density at radius 2 is 2.04 bits per heavy atom. The lowest BCUT2D eigenvalue weighted by molar-refractivity contribution is -0.385. The van der Waals surface area contributed by atoms with Crippen molar-refractivity contribution in [2.24, 2.45) is 0 Å². The zero-order valence-electron chi connectivity index (χ0n) is 14.1. The molecule has 9 nitrogen and oxygen atoms in total. The van der Waals surface area contributed by atoms with Crippen LogP contribution in [0.2, 0.25) is 0 Å². The van der Waals surface area contributed by atoms with E-state index in [4.69, 9.17) is 4.74 Å². The molecule has 2 N–H and O–H groups in total. The van der Waals surface area contributed by atoms with Gasteiger partial charge in [-0.3, -0.25) is 10.1 Å². The molecule has 0 aromatic heterocycles. The summed E-state index contributed by atoms with van der Waals surface area (Å²) in [4.78, 5) is 22.3. The van der Waals surface area contributed by atoms with Crippen LogP contribution in [-0.4, -0.2) is 45.0 Å². The lowest BCUT2D eigenvalue weighted by Gasteiger charge is -2.23. The van der Waals surface area contributed by atoms with Gasteiger partial charge < -0.3 is 10.1 Å². The van der Waals surface area contributed by atoms with Crippen molar-refractivity contribution in [1.82, 2.24) is 10.0 Å². The topological polar surface area (TPSA) is 128 Å². The highest BCUT2D eigenvalue weighted by Crippen LogP contribution is 2.27. The molecule has 1 saturated heterocycles. The number of esters is 1. The molecule has 1 aliphatic heterocycles. The summed E-state index contributed by atoms with van der Waals surface area (Å²) in [6.45, 7) is 4.45. The van der Waals surface area contributed by atoms with Crippen LogP contribution in [0.4, 0.5) is 5.69 Å². The van der Waals surface area contributed by atoms with Crippen molar-refractivity contribution in [3.05, 3.63) is 33.4 Å². The molecule has 25 heavy (non-hydrogen) atoms. The van der Waals surface area contributed by atoms with Gasteiger partial charge in [0.1, 0.15) is 0 Å². The van der Waals surface area contributed by atoms with Crippen LogP contribution in [-0.2, 0) is 14.8 Å². The predicted molar refractivity (Wildman–Crippen MR) is 90.0 cm³/mol. The Kier molecular flexibility index (Phi) is 6.09. The summed E-state index contributed by atoms with van der Waals surface area (Å²) < 4.78 is 32.7. The molecule has 138 valence electrons. The molecule has 0 radical (unpaired) electrons. The van der Waals surface area contributed by atoms with Crippen LogP contribution in [0.15, 0.2) is 17.0 Å². The van der Waals surface area contributed by atoms with E-state index in [1.165, 1.54) is 6.92 Å². The number of benzene rings is 1. The van der Waals surface area contributed by atoms with E-state index < -0.39 is 26.6 Å². The fourth-order valence-corrected chi connectivity index (χ4v) is 4.02. The largest absolute Gasteiger partial charge is 0.462 e. The molecule has 0 atom stereocenters. The van der Waals surface area contributed by atoms with E-state index in [0.29, 0.717) is 25.9 Å². The first-order valence-electron chi connectivity index (χ1n) is 7.95. The zero-order chi connectivity index (χ0) is 18.6. The number of carbonyl (C=O) groups is 1. The maximum absolute atomic E-state index is 12.6. The van der Waals surface area contributed by atoms with Crippen LogP contribution < -0.4 is 10.0 Å². The Hall–Kier alpha value is -2.04. The number of sulfonamides is 1. The van der Waals surface area contributed by atoms with Gasteiger partial charge in [0, 0.05) is 17.7 Å². The number of nitrogens with zero attached hydrogens (tertiary/aromatic N) is 1. The summed E-state index contributed by atoms with van der Waals surface area (Å²) in [5.41, 5.74) is -0.484. The lowest BCUT2D eigenvalue weighted by Crippen LogP contribution is -2.42. The molecular weight excluding hydrogens is 350 g/mol. The third-order valence-corrected chi connectivity index (χ3v) is 5.52. The van der Waals surface area contributed by atoms with Gasteiger partial charge in [0.05, 0.1) is 22.0 Å². The van der Waals surface area contributed by atoms with Crippen LogP contribution in [0.25, 0.3) is 0 Å². The maximum Gasteiger partial charge on any atom is 0.338 e. The molecule has 0 saturated carbocycles. The Morgan fingerprint density at radius 1 is 1.40 bits per heavy atom. The molecule has 10 heteroatoms. The molecule has 1 fully saturated rings. The molecule has 1 aromatic carbocycles. The molecule has 1 aliphatic rings. The average Bonchev–Trinajstić information content (AvgIpc) is 2.55. The predicted octanol–water partition coefficient (Wildman–Crippen LogP) is 1.11. The third kappa shape index (κ3) is 4.53. The van der Waals surface area contributed by atoms with Gasteiger partial charge >= 0.3 is 5.97 Å². The molecule has 1 aromatic rings. The average molecular weight is 371 g/mol. The van der Waals surface area contributed by atoms with Crippen LogP contribution in [0.3, 0.4) is 0 Å².